The molecule has 0 radical (unpaired) electrons. The Bertz CT molecular complexity index is 1540. The number of nitrogens with zero attached hydrogens (tertiary/aromatic N) is 4. The minimum atomic E-state index is -1.20. The zero-order valence-electron chi connectivity index (χ0n) is 22.7. The zero-order chi connectivity index (χ0) is 28.5. The van der Waals surface area contributed by atoms with Crippen LogP contribution in [-0.2, 0) is 11.2 Å². The minimum Gasteiger partial charge on any atom is -0.497 e. The number of imidazole rings is 1. The third kappa shape index (κ3) is 5.05. The first kappa shape index (κ1) is 26.9. The Morgan fingerprint density at radius 1 is 1.12 bits per heavy atom. The van der Waals surface area contributed by atoms with Crippen LogP contribution in [0.2, 0.25) is 0 Å². The van der Waals surface area contributed by atoms with Crippen LogP contribution in [0.15, 0.2) is 55.1 Å². The summed E-state index contributed by atoms with van der Waals surface area (Å²) in [5.41, 5.74) is 3.84. The van der Waals surface area contributed by atoms with Gasteiger partial charge in [0.1, 0.15) is 36.1 Å². The average Bonchev–Trinajstić information content (AvgIpc) is 3.58. The Kier molecular flexibility index (Phi) is 7.43. The molecule has 6 rings (SSSR count). The quantitative estimate of drug-likeness (QED) is 0.253. The molecule has 0 unspecified atom stereocenters. The number of hydrogen-bond donors (Lipinski definition) is 4. The van der Waals surface area contributed by atoms with Gasteiger partial charge in [0.2, 0.25) is 0 Å². The van der Waals surface area contributed by atoms with E-state index in [9.17, 15) is 15.0 Å². The van der Waals surface area contributed by atoms with Gasteiger partial charge >= 0.3 is 0 Å². The summed E-state index contributed by atoms with van der Waals surface area (Å²) in [5.74, 6) is 0.994. The Balaban J connectivity index is 1.30. The molecule has 2 aromatic heterocycles. The molecular formula is C29H32N6O6. The second kappa shape index (κ2) is 11.3. The molecule has 1 fully saturated rings. The Morgan fingerprint density at radius 3 is 2.66 bits per heavy atom. The molecule has 1 aliphatic carbocycles. The summed E-state index contributed by atoms with van der Waals surface area (Å²) in [7, 11) is 2.99. The number of carbonyl (C=O) groups excluding carboxylic acids is 1. The van der Waals surface area contributed by atoms with Crippen LogP contribution in [0.3, 0.4) is 0 Å². The smallest absolute Gasteiger partial charge is 0.252 e. The number of amides is 1. The topological polar surface area (TPSA) is 153 Å². The lowest BCUT2D eigenvalue weighted by molar-refractivity contribution is -0.0440. The van der Waals surface area contributed by atoms with E-state index in [4.69, 9.17) is 14.2 Å². The fraction of sp³-hybridized carbons (Fsp3) is 0.379. The van der Waals surface area contributed by atoms with E-state index in [0.29, 0.717) is 28.5 Å². The molecule has 4 aromatic rings. The molecule has 0 bridgehead atoms. The van der Waals surface area contributed by atoms with Crippen LogP contribution in [0.1, 0.15) is 46.6 Å². The van der Waals surface area contributed by atoms with Gasteiger partial charge in [-0.15, -0.1) is 0 Å². The van der Waals surface area contributed by atoms with Crippen LogP contribution in [0, 0.1) is 0 Å². The summed E-state index contributed by atoms with van der Waals surface area (Å²) < 4.78 is 18.2. The van der Waals surface area contributed by atoms with Crippen LogP contribution in [0.5, 0.6) is 11.5 Å². The minimum absolute atomic E-state index is 0.0819. The van der Waals surface area contributed by atoms with Gasteiger partial charge in [-0.2, -0.15) is 0 Å². The maximum Gasteiger partial charge on any atom is 0.252 e. The van der Waals surface area contributed by atoms with E-state index in [1.807, 2.05) is 6.07 Å². The molecule has 1 amide bonds. The van der Waals surface area contributed by atoms with Gasteiger partial charge in [-0.1, -0.05) is 24.3 Å². The molecule has 0 spiro atoms. The standard InChI is InChI=1S/C29H32N6O6/c1-39-18-10-17(11-19(12-18)40-2)28(38)34-23-25(37)22(13-36)41-29(23)35-15-32-24-26(30-14-31-27(24)35)33-21-9-5-7-16-6-3-4-8-20(16)21/h3-4,6,8,10-12,14-15,21-23,25,29,36-37H,5,7,9,13H2,1-2H3,(H,34,38)(H,30,31,33)/t21-,22+,23-,25+,29-/m1/s1. The monoisotopic (exact) mass is 560 g/mol. The number of aliphatic hydroxyl groups is 2. The number of methoxy groups -OCH3 is 2. The van der Waals surface area contributed by atoms with Crippen molar-refractivity contribution in [3.63, 3.8) is 0 Å². The molecule has 3 heterocycles. The summed E-state index contributed by atoms with van der Waals surface area (Å²) in [6.45, 7) is -0.438. The van der Waals surface area contributed by atoms with Gasteiger partial charge in [-0.05, 0) is 42.5 Å². The molecule has 41 heavy (non-hydrogen) atoms. The number of ether oxygens (including phenoxy) is 3. The van der Waals surface area contributed by atoms with Crippen molar-refractivity contribution in [2.24, 2.45) is 0 Å². The molecule has 1 saturated heterocycles. The fourth-order valence-corrected chi connectivity index (χ4v) is 5.68. The third-order valence-electron chi connectivity index (χ3n) is 7.77. The van der Waals surface area contributed by atoms with Crippen molar-refractivity contribution in [2.45, 2.75) is 49.8 Å². The van der Waals surface area contributed by atoms with E-state index < -0.39 is 37.0 Å². The van der Waals surface area contributed by atoms with Crippen molar-refractivity contribution in [2.75, 3.05) is 26.1 Å². The predicted octanol–water partition coefficient (Wildman–Crippen LogP) is 2.38. The van der Waals surface area contributed by atoms with Crippen LogP contribution in [0.25, 0.3) is 11.2 Å². The van der Waals surface area contributed by atoms with E-state index in [2.05, 4.69) is 43.8 Å². The number of hydrogen-bond acceptors (Lipinski definition) is 10. The van der Waals surface area contributed by atoms with E-state index in [-0.39, 0.29) is 11.6 Å². The number of anilines is 1. The van der Waals surface area contributed by atoms with Crippen molar-refractivity contribution in [3.05, 3.63) is 71.8 Å². The number of rotatable bonds is 8. The van der Waals surface area contributed by atoms with Crippen LogP contribution < -0.4 is 20.1 Å². The van der Waals surface area contributed by atoms with E-state index >= 15 is 0 Å². The molecule has 12 heteroatoms. The molecule has 12 nitrogen and oxygen atoms in total. The molecule has 2 aromatic carbocycles. The van der Waals surface area contributed by atoms with Gasteiger partial charge < -0.3 is 35.1 Å². The van der Waals surface area contributed by atoms with Crippen molar-refractivity contribution in [1.29, 1.82) is 0 Å². The molecule has 0 saturated carbocycles. The average molecular weight is 561 g/mol. The lowest BCUT2D eigenvalue weighted by Crippen LogP contribution is -2.46. The number of aromatic nitrogens is 4. The number of carbonyl (C=O) groups is 1. The summed E-state index contributed by atoms with van der Waals surface area (Å²) in [4.78, 5) is 26.8. The number of aliphatic hydroxyl groups excluding tert-OH is 2. The van der Waals surface area contributed by atoms with Crippen LogP contribution in [-0.4, -0.2) is 74.7 Å². The van der Waals surface area contributed by atoms with Gasteiger partial charge in [-0.3, -0.25) is 9.36 Å². The van der Waals surface area contributed by atoms with E-state index in [1.165, 1.54) is 31.7 Å². The Labute approximate surface area is 236 Å². The second-order valence-electron chi connectivity index (χ2n) is 10.2. The van der Waals surface area contributed by atoms with Gasteiger partial charge in [0.05, 0.1) is 33.2 Å². The molecule has 2 aliphatic rings. The van der Waals surface area contributed by atoms with Crippen LogP contribution in [0.4, 0.5) is 5.82 Å². The first-order chi connectivity index (χ1) is 20.0. The van der Waals surface area contributed by atoms with Crippen molar-refractivity contribution < 1.29 is 29.2 Å². The molecular weight excluding hydrogens is 528 g/mol. The van der Waals surface area contributed by atoms with E-state index in [0.717, 1.165) is 19.3 Å². The lowest BCUT2D eigenvalue weighted by Gasteiger charge is -2.26. The van der Waals surface area contributed by atoms with Gasteiger partial charge in [-0.25, -0.2) is 15.0 Å². The summed E-state index contributed by atoms with van der Waals surface area (Å²) >= 11 is 0. The normalized spacial score (nSPS) is 23.7. The largest absolute Gasteiger partial charge is 0.497 e. The zero-order valence-corrected chi connectivity index (χ0v) is 22.7. The van der Waals surface area contributed by atoms with Crippen molar-refractivity contribution in [1.82, 2.24) is 24.8 Å². The molecule has 1 aliphatic heterocycles. The first-order valence-corrected chi connectivity index (χ1v) is 13.5. The number of fused-ring (bicyclic) bond motifs is 2. The fourth-order valence-electron chi connectivity index (χ4n) is 5.68. The van der Waals surface area contributed by atoms with Crippen molar-refractivity contribution >= 4 is 22.9 Å². The number of aryl methyl sites for hydroxylation is 1. The highest BCUT2D eigenvalue weighted by molar-refractivity contribution is 5.95. The Hall–Kier alpha value is -4.26. The number of benzene rings is 2. The van der Waals surface area contributed by atoms with Crippen molar-refractivity contribution in [3.8, 4) is 11.5 Å². The Morgan fingerprint density at radius 2 is 1.90 bits per heavy atom. The third-order valence-corrected chi connectivity index (χ3v) is 7.77. The highest BCUT2D eigenvalue weighted by Crippen LogP contribution is 2.36. The van der Waals surface area contributed by atoms with Gasteiger partial charge in [0, 0.05) is 11.6 Å². The number of nitrogens with one attached hydrogen (secondary N) is 2. The summed E-state index contributed by atoms with van der Waals surface area (Å²) in [6, 6.07) is 12.3. The second-order valence-corrected chi connectivity index (χ2v) is 10.2. The van der Waals surface area contributed by atoms with E-state index in [1.54, 1.807) is 29.1 Å². The maximum atomic E-state index is 13.3. The molecule has 214 valence electrons. The SMILES string of the molecule is COc1cc(OC)cc(C(=O)N[C@@H]2[C@@H](O)[C@H](CO)O[C@H]2n2cnc3c(N[C@@H]4CCCc5ccccc54)ncnc32)c1. The van der Waals surface area contributed by atoms with Gasteiger partial charge in [0.25, 0.3) is 5.91 Å². The van der Waals surface area contributed by atoms with Crippen LogP contribution >= 0.6 is 0 Å². The molecule has 5 atom stereocenters. The lowest BCUT2D eigenvalue weighted by atomic mass is 9.88. The first-order valence-electron chi connectivity index (χ1n) is 13.5. The summed E-state index contributed by atoms with van der Waals surface area (Å²) in [6.07, 6.45) is 3.04. The molecule has 4 N–H and O–H groups in total. The highest BCUT2D eigenvalue weighted by atomic mass is 16.5. The maximum absolute atomic E-state index is 13.3. The summed E-state index contributed by atoms with van der Waals surface area (Å²) in [5, 5.41) is 27.3. The highest BCUT2D eigenvalue weighted by Gasteiger charge is 2.46. The van der Waals surface area contributed by atoms with Gasteiger partial charge in [0.15, 0.2) is 23.2 Å². The predicted molar refractivity (Wildman–Crippen MR) is 149 cm³/mol.